The van der Waals surface area contributed by atoms with Crippen LogP contribution in [0.5, 0.6) is 0 Å². The van der Waals surface area contributed by atoms with Crippen molar-refractivity contribution in [2.45, 2.75) is 57.9 Å². The zero-order chi connectivity index (χ0) is 23.9. The molecule has 0 radical (unpaired) electrons. The van der Waals surface area contributed by atoms with Crippen LogP contribution in [0.4, 0.5) is 11.4 Å². The number of hydrogen-bond donors (Lipinski definition) is 1. The van der Waals surface area contributed by atoms with Crippen LogP contribution < -0.4 is 10.2 Å². The van der Waals surface area contributed by atoms with Crippen LogP contribution in [0.3, 0.4) is 0 Å². The lowest BCUT2D eigenvalue weighted by molar-refractivity contribution is -0.148. The predicted molar refractivity (Wildman–Crippen MR) is 135 cm³/mol. The minimum atomic E-state index is -0.171. The van der Waals surface area contributed by atoms with Crippen LogP contribution in [0.1, 0.15) is 67.8 Å². The molecule has 3 aliphatic rings. The molecule has 1 aromatic heterocycles. The lowest BCUT2D eigenvalue weighted by atomic mass is 9.85. The zero-order valence-electron chi connectivity index (χ0n) is 20.1. The van der Waals surface area contributed by atoms with Crippen LogP contribution in [0.15, 0.2) is 34.9 Å². The van der Waals surface area contributed by atoms with Gasteiger partial charge in [0.25, 0.3) is 0 Å². The van der Waals surface area contributed by atoms with Gasteiger partial charge in [-0.25, -0.2) is 0 Å². The van der Waals surface area contributed by atoms with Gasteiger partial charge >= 0.3 is 5.97 Å². The number of ether oxygens (including phenoxy) is 1. The molecule has 7 heteroatoms. The molecule has 1 saturated heterocycles. The van der Waals surface area contributed by atoms with Gasteiger partial charge in [0.2, 0.25) is 0 Å². The van der Waals surface area contributed by atoms with E-state index in [9.17, 15) is 9.59 Å². The van der Waals surface area contributed by atoms with Crippen LogP contribution in [-0.4, -0.2) is 42.6 Å². The average Bonchev–Trinajstić information content (AvgIpc) is 3.34. The van der Waals surface area contributed by atoms with Gasteiger partial charge in [0.15, 0.2) is 11.5 Å². The van der Waals surface area contributed by atoms with Gasteiger partial charge in [-0.05, 0) is 38.7 Å². The van der Waals surface area contributed by atoms with Gasteiger partial charge in [0.05, 0.1) is 29.2 Å². The molecule has 1 atom stereocenters. The van der Waals surface area contributed by atoms with Crippen molar-refractivity contribution < 1.29 is 18.8 Å². The summed E-state index contributed by atoms with van der Waals surface area (Å²) in [7, 11) is 0. The van der Waals surface area contributed by atoms with Gasteiger partial charge in [-0.1, -0.05) is 48.7 Å². The number of anilines is 2. The number of carbonyl (C=O) groups excluding carboxylic acids is 2. The summed E-state index contributed by atoms with van der Waals surface area (Å²) < 4.78 is 11.2. The SMILES string of the molecule is CCOC(=O)[C@@H]1CCCN(c2cc(NC3CCCCC3)c3c4c(onc24)-c2ccccc2C3=O)C1. The second-order valence-electron chi connectivity index (χ2n) is 9.94. The van der Waals surface area contributed by atoms with Crippen molar-refractivity contribution in [3.63, 3.8) is 0 Å². The monoisotopic (exact) mass is 473 g/mol. The van der Waals surface area contributed by atoms with E-state index < -0.39 is 0 Å². The first-order valence-corrected chi connectivity index (χ1v) is 12.9. The van der Waals surface area contributed by atoms with Crippen molar-refractivity contribution in [3.8, 4) is 11.3 Å². The summed E-state index contributed by atoms with van der Waals surface area (Å²) in [5.41, 5.74) is 4.55. The summed E-state index contributed by atoms with van der Waals surface area (Å²) in [6, 6.07) is 10.0. The van der Waals surface area contributed by atoms with E-state index in [1.807, 2.05) is 31.2 Å². The number of aromatic nitrogens is 1. The zero-order valence-corrected chi connectivity index (χ0v) is 20.1. The second-order valence-corrected chi connectivity index (χ2v) is 9.94. The molecule has 7 nitrogen and oxygen atoms in total. The number of ketones is 1. The molecule has 0 spiro atoms. The third-order valence-corrected chi connectivity index (χ3v) is 7.73. The average molecular weight is 474 g/mol. The molecular weight excluding hydrogens is 442 g/mol. The smallest absolute Gasteiger partial charge is 0.310 e. The van der Waals surface area contributed by atoms with Gasteiger partial charge in [0.1, 0.15) is 5.52 Å². The van der Waals surface area contributed by atoms with E-state index in [0.717, 1.165) is 54.6 Å². The summed E-state index contributed by atoms with van der Waals surface area (Å²) in [6.07, 6.45) is 7.58. The minimum Gasteiger partial charge on any atom is -0.466 e. The quantitative estimate of drug-likeness (QED) is 0.380. The van der Waals surface area contributed by atoms with Crippen molar-refractivity contribution in [2.24, 2.45) is 5.92 Å². The van der Waals surface area contributed by atoms with E-state index in [1.54, 1.807) is 0 Å². The maximum Gasteiger partial charge on any atom is 0.310 e. The van der Waals surface area contributed by atoms with E-state index in [-0.39, 0.29) is 17.7 Å². The molecule has 1 N–H and O–H groups in total. The first-order valence-electron chi connectivity index (χ1n) is 12.9. The number of benzene rings is 2. The maximum absolute atomic E-state index is 13.8. The van der Waals surface area contributed by atoms with Gasteiger partial charge < -0.3 is 19.5 Å². The summed E-state index contributed by atoms with van der Waals surface area (Å²) in [4.78, 5) is 28.5. The van der Waals surface area contributed by atoms with Crippen molar-refractivity contribution in [1.29, 1.82) is 0 Å². The Balaban J connectivity index is 1.48. The molecule has 2 fully saturated rings. The lowest BCUT2D eigenvalue weighted by Crippen LogP contribution is -2.39. The van der Waals surface area contributed by atoms with E-state index >= 15 is 0 Å². The number of carbonyl (C=O) groups is 2. The Hall–Kier alpha value is -3.35. The lowest BCUT2D eigenvalue weighted by Gasteiger charge is -2.34. The number of nitrogens with one attached hydrogen (secondary N) is 1. The fourth-order valence-electron chi connectivity index (χ4n) is 6.01. The molecule has 1 aliphatic heterocycles. The molecular formula is C28H31N3O4. The second kappa shape index (κ2) is 9.02. The highest BCUT2D eigenvalue weighted by atomic mass is 16.5. The molecule has 1 saturated carbocycles. The summed E-state index contributed by atoms with van der Waals surface area (Å²) in [5, 5.41) is 8.99. The number of esters is 1. The number of rotatable bonds is 5. The van der Waals surface area contributed by atoms with Gasteiger partial charge in [0, 0.05) is 35.9 Å². The summed E-state index contributed by atoms with van der Waals surface area (Å²) >= 11 is 0. The Kier molecular flexibility index (Phi) is 5.71. The van der Waals surface area contributed by atoms with Crippen molar-refractivity contribution in [1.82, 2.24) is 5.16 Å². The van der Waals surface area contributed by atoms with Gasteiger partial charge in [-0.3, -0.25) is 9.59 Å². The number of hydrogen-bond acceptors (Lipinski definition) is 7. The molecule has 2 aliphatic carbocycles. The molecule has 2 aromatic carbocycles. The van der Waals surface area contributed by atoms with Crippen LogP contribution in [-0.2, 0) is 9.53 Å². The largest absolute Gasteiger partial charge is 0.466 e. The number of nitrogens with zero attached hydrogens (tertiary/aromatic N) is 2. The van der Waals surface area contributed by atoms with Crippen molar-refractivity contribution >= 4 is 34.0 Å². The fraction of sp³-hybridized carbons (Fsp3) is 0.464. The number of piperidine rings is 1. The molecule has 0 amide bonds. The van der Waals surface area contributed by atoms with Crippen molar-refractivity contribution in [2.75, 3.05) is 29.9 Å². The highest BCUT2D eigenvalue weighted by Crippen LogP contribution is 2.46. The predicted octanol–water partition coefficient (Wildman–Crippen LogP) is 5.56. The van der Waals surface area contributed by atoms with Crippen LogP contribution in [0.2, 0.25) is 0 Å². The fourth-order valence-corrected chi connectivity index (χ4v) is 6.01. The normalized spacial score (nSPS) is 20.1. The molecule has 182 valence electrons. The van der Waals surface area contributed by atoms with E-state index in [2.05, 4.69) is 21.4 Å². The van der Waals surface area contributed by atoms with Crippen molar-refractivity contribution in [3.05, 3.63) is 41.5 Å². The molecule has 2 heterocycles. The molecule has 35 heavy (non-hydrogen) atoms. The minimum absolute atomic E-state index is 0.00852. The highest BCUT2D eigenvalue weighted by Gasteiger charge is 2.35. The Labute approximate surface area is 204 Å². The molecule has 6 rings (SSSR count). The first-order chi connectivity index (χ1) is 17.2. The standard InChI is InChI=1S/C28H31N3O4/c1-2-34-28(33)17-9-8-14-31(16-17)22-15-21(29-18-10-4-3-5-11-18)23-24-25(22)30-35-27(24)20-13-7-6-12-19(20)26(23)32/h6-7,12-13,15,17-18,29H,2-5,8-11,14,16H2,1H3/t17-/m1/s1. The topological polar surface area (TPSA) is 84.7 Å². The summed E-state index contributed by atoms with van der Waals surface area (Å²) in [5.74, 6) is 0.346. The summed E-state index contributed by atoms with van der Waals surface area (Å²) in [6.45, 7) is 3.62. The van der Waals surface area contributed by atoms with Crippen LogP contribution >= 0.6 is 0 Å². The van der Waals surface area contributed by atoms with E-state index in [0.29, 0.717) is 41.6 Å². The Bertz CT molecular complexity index is 1290. The van der Waals surface area contributed by atoms with E-state index in [4.69, 9.17) is 9.26 Å². The van der Waals surface area contributed by atoms with Gasteiger partial charge in [-0.15, -0.1) is 0 Å². The Morgan fingerprint density at radius 2 is 1.94 bits per heavy atom. The Morgan fingerprint density at radius 3 is 2.74 bits per heavy atom. The number of fused-ring (bicyclic) bond motifs is 2. The third-order valence-electron chi connectivity index (χ3n) is 7.73. The van der Waals surface area contributed by atoms with Gasteiger partial charge in [-0.2, -0.15) is 0 Å². The van der Waals surface area contributed by atoms with Crippen LogP contribution in [0.25, 0.3) is 22.2 Å². The van der Waals surface area contributed by atoms with E-state index in [1.165, 1.54) is 19.3 Å². The molecule has 3 aromatic rings. The maximum atomic E-state index is 13.8. The highest BCUT2D eigenvalue weighted by molar-refractivity contribution is 6.28. The van der Waals surface area contributed by atoms with Crippen LogP contribution in [0, 0.1) is 5.92 Å². The third kappa shape index (κ3) is 3.77. The first kappa shape index (κ1) is 22.1. The molecule has 0 bridgehead atoms. The molecule has 0 unspecified atom stereocenters. The Morgan fingerprint density at radius 1 is 1.14 bits per heavy atom.